The molecular weight excluding hydrogens is 364 g/mol. The van der Waals surface area contributed by atoms with Crippen LogP contribution in [-0.4, -0.2) is 43.2 Å². The van der Waals surface area contributed by atoms with E-state index in [1.165, 1.54) is 10.4 Å². The van der Waals surface area contributed by atoms with Crippen LogP contribution in [0.4, 0.5) is 5.69 Å². The largest absolute Gasteiger partial charge is 0.321 e. The molecule has 2 aromatic rings. The van der Waals surface area contributed by atoms with Crippen molar-refractivity contribution in [3.63, 3.8) is 0 Å². The van der Waals surface area contributed by atoms with Crippen LogP contribution in [0, 0.1) is 6.92 Å². The number of thioether (sulfide) groups is 1. The smallest absolute Gasteiger partial charge is 0.265 e. The van der Waals surface area contributed by atoms with Gasteiger partial charge in [-0.15, -0.1) is 11.3 Å². The van der Waals surface area contributed by atoms with Gasteiger partial charge in [-0.25, -0.2) is 8.42 Å². The number of aryl methyl sites for hydroxylation is 1. The first-order valence-electron chi connectivity index (χ1n) is 7.52. The molecule has 0 unspecified atom stereocenters. The first-order valence-corrected chi connectivity index (χ1v) is 11.0. The summed E-state index contributed by atoms with van der Waals surface area (Å²) < 4.78 is 26.7. The van der Waals surface area contributed by atoms with E-state index in [-0.39, 0.29) is 10.8 Å². The molecule has 1 amide bonds. The van der Waals surface area contributed by atoms with Gasteiger partial charge < -0.3 is 5.32 Å². The van der Waals surface area contributed by atoms with Crippen molar-refractivity contribution in [1.29, 1.82) is 0 Å². The molecule has 0 saturated carbocycles. The number of anilines is 1. The van der Waals surface area contributed by atoms with E-state index < -0.39 is 10.0 Å². The number of nitrogens with zero attached hydrogens (tertiary/aromatic N) is 1. The van der Waals surface area contributed by atoms with Gasteiger partial charge in [-0.3, -0.25) is 4.79 Å². The van der Waals surface area contributed by atoms with Crippen LogP contribution >= 0.6 is 23.1 Å². The van der Waals surface area contributed by atoms with E-state index in [9.17, 15) is 13.2 Å². The monoisotopic (exact) mass is 382 g/mol. The topological polar surface area (TPSA) is 66.5 Å². The van der Waals surface area contributed by atoms with Gasteiger partial charge in [0.05, 0.1) is 9.77 Å². The van der Waals surface area contributed by atoms with Crippen molar-refractivity contribution in [3.05, 3.63) is 46.2 Å². The fourth-order valence-electron chi connectivity index (χ4n) is 2.41. The standard InChI is InChI=1S/C16H18N2O3S3/c1-12-4-2-3-5-14(12)17-16(19)15-10-13(11-23-15)24(20,21)18-6-8-22-9-7-18/h2-5,10-11H,6-9H2,1H3,(H,17,19). The van der Waals surface area contributed by atoms with Crippen LogP contribution in [0.25, 0.3) is 0 Å². The summed E-state index contributed by atoms with van der Waals surface area (Å²) in [6.45, 7) is 2.95. The lowest BCUT2D eigenvalue weighted by molar-refractivity contribution is 0.103. The van der Waals surface area contributed by atoms with Crippen LogP contribution < -0.4 is 5.32 Å². The van der Waals surface area contributed by atoms with Gasteiger partial charge in [-0.2, -0.15) is 16.1 Å². The van der Waals surface area contributed by atoms with Gasteiger partial charge in [0.15, 0.2) is 0 Å². The fourth-order valence-corrected chi connectivity index (χ4v) is 6.14. The highest BCUT2D eigenvalue weighted by atomic mass is 32.2. The third-order valence-electron chi connectivity index (χ3n) is 3.80. The number of thiophene rings is 1. The third kappa shape index (κ3) is 3.66. The molecule has 1 aromatic carbocycles. The van der Waals surface area contributed by atoms with Crippen molar-refractivity contribution < 1.29 is 13.2 Å². The summed E-state index contributed by atoms with van der Waals surface area (Å²) >= 11 is 2.91. The fraction of sp³-hybridized carbons (Fsp3) is 0.312. The Bertz CT molecular complexity index is 840. The third-order valence-corrected chi connectivity index (χ3v) is 7.70. The lowest BCUT2D eigenvalue weighted by Gasteiger charge is -2.24. The van der Waals surface area contributed by atoms with E-state index in [1.54, 1.807) is 17.1 Å². The summed E-state index contributed by atoms with van der Waals surface area (Å²) in [5.41, 5.74) is 1.69. The maximum Gasteiger partial charge on any atom is 0.265 e. The second-order valence-electron chi connectivity index (χ2n) is 5.43. The van der Waals surface area contributed by atoms with Gasteiger partial charge in [0, 0.05) is 35.7 Å². The highest BCUT2D eigenvalue weighted by molar-refractivity contribution is 7.99. The van der Waals surface area contributed by atoms with Crippen LogP contribution in [0.3, 0.4) is 0 Å². The van der Waals surface area contributed by atoms with E-state index in [2.05, 4.69) is 5.32 Å². The van der Waals surface area contributed by atoms with E-state index in [0.29, 0.717) is 18.0 Å². The highest BCUT2D eigenvalue weighted by Gasteiger charge is 2.27. The predicted octanol–water partition coefficient (Wildman–Crippen LogP) is 3.05. The average molecular weight is 383 g/mol. The minimum atomic E-state index is -3.51. The molecule has 1 aliphatic heterocycles. The quantitative estimate of drug-likeness (QED) is 0.883. The van der Waals surface area contributed by atoms with Gasteiger partial charge in [0.25, 0.3) is 5.91 Å². The molecular formula is C16H18N2O3S3. The molecule has 0 bridgehead atoms. The first-order chi connectivity index (χ1) is 11.5. The van der Waals surface area contributed by atoms with Gasteiger partial charge in [0.2, 0.25) is 10.0 Å². The molecule has 5 nitrogen and oxygen atoms in total. The zero-order valence-electron chi connectivity index (χ0n) is 13.2. The molecule has 0 aliphatic carbocycles. The minimum absolute atomic E-state index is 0.203. The molecule has 128 valence electrons. The number of nitrogens with one attached hydrogen (secondary N) is 1. The minimum Gasteiger partial charge on any atom is -0.321 e. The number of hydrogen-bond acceptors (Lipinski definition) is 5. The number of hydrogen-bond donors (Lipinski definition) is 1. The van der Waals surface area contributed by atoms with Crippen LogP contribution in [0.1, 0.15) is 15.2 Å². The Kier molecular flexibility index (Phi) is 5.29. The van der Waals surface area contributed by atoms with Gasteiger partial charge >= 0.3 is 0 Å². The number of carbonyl (C=O) groups excluding carboxylic acids is 1. The zero-order valence-corrected chi connectivity index (χ0v) is 15.6. The van der Waals surface area contributed by atoms with Crippen LogP contribution in [0.5, 0.6) is 0 Å². The van der Waals surface area contributed by atoms with E-state index >= 15 is 0 Å². The second kappa shape index (κ2) is 7.26. The Morgan fingerprint density at radius 2 is 1.92 bits per heavy atom. The number of carbonyl (C=O) groups is 1. The van der Waals surface area contributed by atoms with Crippen molar-refractivity contribution >= 4 is 44.7 Å². The summed E-state index contributed by atoms with van der Waals surface area (Å²) in [4.78, 5) is 13.0. The Labute approximate surface area is 150 Å². The Hall–Kier alpha value is -1.35. The summed E-state index contributed by atoms with van der Waals surface area (Å²) in [7, 11) is -3.51. The van der Waals surface area contributed by atoms with E-state index in [4.69, 9.17) is 0 Å². The lowest BCUT2D eigenvalue weighted by atomic mass is 10.2. The highest BCUT2D eigenvalue weighted by Crippen LogP contribution is 2.26. The Morgan fingerprint density at radius 3 is 2.62 bits per heavy atom. The molecule has 0 atom stereocenters. The maximum absolute atomic E-state index is 12.6. The van der Waals surface area contributed by atoms with Crippen LogP contribution in [0.15, 0.2) is 40.6 Å². The normalized spacial score (nSPS) is 16.0. The second-order valence-corrected chi connectivity index (χ2v) is 9.51. The SMILES string of the molecule is Cc1ccccc1NC(=O)c1cc(S(=O)(=O)N2CCSCC2)cs1. The molecule has 1 saturated heterocycles. The zero-order chi connectivity index (χ0) is 17.2. The lowest BCUT2D eigenvalue weighted by Crippen LogP contribution is -2.37. The van der Waals surface area contributed by atoms with Crippen LogP contribution in [0.2, 0.25) is 0 Å². The van der Waals surface area contributed by atoms with E-state index in [0.717, 1.165) is 34.1 Å². The Morgan fingerprint density at radius 1 is 1.21 bits per heavy atom. The molecule has 1 aromatic heterocycles. The van der Waals surface area contributed by atoms with Crippen molar-refractivity contribution in [2.24, 2.45) is 0 Å². The van der Waals surface area contributed by atoms with Gasteiger partial charge in [0.1, 0.15) is 0 Å². The number of rotatable bonds is 4. The van der Waals surface area contributed by atoms with Gasteiger partial charge in [-0.05, 0) is 24.6 Å². The molecule has 24 heavy (non-hydrogen) atoms. The van der Waals surface area contributed by atoms with Crippen molar-refractivity contribution in [2.45, 2.75) is 11.8 Å². The number of para-hydroxylation sites is 1. The number of amides is 1. The number of benzene rings is 1. The van der Waals surface area contributed by atoms with Gasteiger partial charge in [-0.1, -0.05) is 18.2 Å². The summed E-state index contributed by atoms with van der Waals surface area (Å²) in [6.07, 6.45) is 0. The molecule has 2 heterocycles. The molecule has 8 heteroatoms. The maximum atomic E-state index is 12.6. The van der Waals surface area contributed by atoms with Crippen LogP contribution in [-0.2, 0) is 10.0 Å². The predicted molar refractivity (Wildman–Crippen MR) is 99.5 cm³/mol. The van der Waals surface area contributed by atoms with Crippen molar-refractivity contribution in [1.82, 2.24) is 4.31 Å². The summed E-state index contributed by atoms with van der Waals surface area (Å²) in [5.74, 6) is 1.33. The number of sulfonamides is 1. The molecule has 1 aliphatic rings. The summed E-state index contributed by atoms with van der Waals surface area (Å²) in [6, 6.07) is 8.95. The molecule has 3 rings (SSSR count). The molecule has 0 radical (unpaired) electrons. The van der Waals surface area contributed by atoms with E-state index in [1.807, 2.05) is 31.2 Å². The van der Waals surface area contributed by atoms with Crippen molar-refractivity contribution in [2.75, 3.05) is 29.9 Å². The average Bonchev–Trinajstić information content (AvgIpc) is 3.09. The molecule has 1 N–H and O–H groups in total. The molecule has 1 fully saturated rings. The summed E-state index contributed by atoms with van der Waals surface area (Å²) in [5, 5.41) is 4.38. The first kappa shape index (κ1) is 17.5. The van der Waals surface area contributed by atoms with Crippen molar-refractivity contribution in [3.8, 4) is 0 Å². The molecule has 0 spiro atoms. The Balaban J connectivity index is 1.77.